The first-order chi connectivity index (χ1) is 13.9. The van der Waals surface area contributed by atoms with Crippen LogP contribution in [0.5, 0.6) is 5.75 Å². The van der Waals surface area contributed by atoms with E-state index in [1.165, 1.54) is 0 Å². The topological polar surface area (TPSA) is 103 Å². The number of nitrogens with one attached hydrogen (secondary N) is 2. The first-order valence-electron chi connectivity index (χ1n) is 9.77. The van der Waals surface area contributed by atoms with Crippen molar-refractivity contribution in [2.24, 2.45) is 0 Å². The molecule has 29 heavy (non-hydrogen) atoms. The van der Waals surface area contributed by atoms with Gasteiger partial charge in [0.2, 0.25) is 0 Å². The molecule has 2 amide bonds. The third-order valence-corrected chi connectivity index (χ3v) is 4.31. The van der Waals surface area contributed by atoms with Crippen LogP contribution in [0.3, 0.4) is 0 Å². The van der Waals surface area contributed by atoms with E-state index in [1.54, 1.807) is 6.92 Å². The molecule has 8 heteroatoms. The molecule has 1 aromatic rings. The van der Waals surface area contributed by atoms with Gasteiger partial charge in [0.05, 0.1) is 30.5 Å². The fraction of sp³-hybridized carbons (Fsp3) is 0.476. The number of ether oxygens (including phenoxy) is 3. The maximum Gasteiger partial charge on any atom is 0.338 e. The molecule has 0 spiro atoms. The van der Waals surface area contributed by atoms with E-state index in [0.29, 0.717) is 19.4 Å². The summed E-state index contributed by atoms with van der Waals surface area (Å²) < 4.78 is 15.9. The molecular weight excluding hydrogens is 376 g/mol. The fourth-order valence-corrected chi connectivity index (χ4v) is 2.91. The molecule has 0 fully saturated rings. The van der Waals surface area contributed by atoms with E-state index in [0.717, 1.165) is 11.3 Å². The summed E-state index contributed by atoms with van der Waals surface area (Å²) in [6, 6.07) is 6.74. The number of hydrogen-bond acceptors (Lipinski definition) is 6. The van der Waals surface area contributed by atoms with Gasteiger partial charge in [-0.1, -0.05) is 19.1 Å². The summed E-state index contributed by atoms with van der Waals surface area (Å²) in [4.78, 5) is 36.1. The lowest BCUT2D eigenvalue weighted by Gasteiger charge is -2.28. The summed E-state index contributed by atoms with van der Waals surface area (Å²) in [6.07, 6.45) is 1.16. The molecule has 1 atom stereocenters. The molecular formula is C21H28N2O6. The van der Waals surface area contributed by atoms with Gasteiger partial charge in [-0.2, -0.15) is 0 Å². The number of hydrogen-bond donors (Lipinski definition) is 2. The highest BCUT2D eigenvalue weighted by Gasteiger charge is 2.31. The summed E-state index contributed by atoms with van der Waals surface area (Å²) in [5.41, 5.74) is 1.63. The molecule has 0 unspecified atom stereocenters. The van der Waals surface area contributed by atoms with E-state index in [2.05, 4.69) is 10.6 Å². The first-order valence-corrected chi connectivity index (χ1v) is 9.77. The lowest BCUT2D eigenvalue weighted by atomic mass is 10.0. The van der Waals surface area contributed by atoms with Crippen LogP contribution in [-0.4, -0.2) is 43.8 Å². The Morgan fingerprint density at radius 1 is 1.17 bits per heavy atom. The Hall–Kier alpha value is -3.03. The molecule has 1 aliphatic rings. The van der Waals surface area contributed by atoms with Crippen LogP contribution in [0.25, 0.3) is 0 Å². The van der Waals surface area contributed by atoms with Gasteiger partial charge in [-0.15, -0.1) is 0 Å². The van der Waals surface area contributed by atoms with Crippen LogP contribution in [0, 0.1) is 6.92 Å². The number of esters is 2. The molecule has 1 aromatic carbocycles. The molecule has 0 aliphatic carbocycles. The Bertz CT molecular complexity index is 774. The van der Waals surface area contributed by atoms with Gasteiger partial charge in [0, 0.05) is 6.42 Å². The maximum absolute atomic E-state index is 12.3. The minimum absolute atomic E-state index is 0.164. The van der Waals surface area contributed by atoms with Gasteiger partial charge in [-0.3, -0.25) is 4.79 Å². The maximum atomic E-state index is 12.3. The summed E-state index contributed by atoms with van der Waals surface area (Å²) in [6.45, 7) is 5.91. The molecule has 0 aromatic heterocycles. The highest BCUT2D eigenvalue weighted by Crippen LogP contribution is 2.18. The minimum Gasteiger partial charge on any atom is -0.494 e. The van der Waals surface area contributed by atoms with Crippen molar-refractivity contribution in [2.75, 3.05) is 19.8 Å². The molecule has 8 nitrogen and oxygen atoms in total. The van der Waals surface area contributed by atoms with Gasteiger partial charge in [-0.25, -0.2) is 9.59 Å². The summed E-state index contributed by atoms with van der Waals surface area (Å²) in [5.74, 6) is -0.218. The van der Waals surface area contributed by atoms with Crippen LogP contribution in [0.1, 0.15) is 38.7 Å². The van der Waals surface area contributed by atoms with Crippen molar-refractivity contribution in [1.29, 1.82) is 0 Å². The van der Waals surface area contributed by atoms with Crippen LogP contribution in [0.2, 0.25) is 0 Å². The molecule has 1 heterocycles. The van der Waals surface area contributed by atoms with Crippen molar-refractivity contribution in [2.45, 2.75) is 46.1 Å². The van der Waals surface area contributed by atoms with Crippen molar-refractivity contribution in [1.82, 2.24) is 10.6 Å². The van der Waals surface area contributed by atoms with E-state index in [4.69, 9.17) is 14.2 Å². The normalized spacial score (nSPS) is 16.0. The molecule has 0 saturated carbocycles. The second-order valence-corrected chi connectivity index (χ2v) is 6.60. The van der Waals surface area contributed by atoms with Gasteiger partial charge in [0.25, 0.3) is 0 Å². The van der Waals surface area contributed by atoms with Crippen molar-refractivity contribution in [3.05, 3.63) is 41.1 Å². The van der Waals surface area contributed by atoms with E-state index in [9.17, 15) is 14.4 Å². The standard InChI is InChI=1S/C21H28N2O6/c1-4-16-19(20(25)27-5-2)17(23-21(26)22-16)13-29-18(24)10-7-11-28-15-9-6-8-14(3)12-15/h6,8-9,12,16H,4-5,7,10-11,13H2,1-3H3,(H2,22,23,26)/t16-/m0/s1. The van der Waals surface area contributed by atoms with Crippen molar-refractivity contribution in [3.63, 3.8) is 0 Å². The smallest absolute Gasteiger partial charge is 0.338 e. The van der Waals surface area contributed by atoms with E-state index < -0.39 is 24.0 Å². The Labute approximate surface area is 170 Å². The number of aryl methyl sites for hydroxylation is 1. The zero-order chi connectivity index (χ0) is 21.2. The SMILES string of the molecule is CCOC(=O)C1=C(COC(=O)CCCOc2cccc(C)c2)NC(=O)N[C@H]1CC. The van der Waals surface area contributed by atoms with Crippen molar-refractivity contribution >= 4 is 18.0 Å². The summed E-state index contributed by atoms with van der Waals surface area (Å²) in [5, 5.41) is 5.21. The molecule has 2 rings (SSSR count). The Balaban J connectivity index is 1.87. The highest BCUT2D eigenvalue weighted by molar-refractivity contribution is 5.94. The molecule has 0 bridgehead atoms. The van der Waals surface area contributed by atoms with Gasteiger partial charge < -0.3 is 24.8 Å². The van der Waals surface area contributed by atoms with Crippen LogP contribution in [-0.2, 0) is 19.1 Å². The average Bonchev–Trinajstić information content (AvgIpc) is 2.69. The Kier molecular flexibility index (Phi) is 8.51. The first kappa shape index (κ1) is 22.3. The number of urea groups is 1. The lowest BCUT2D eigenvalue weighted by Crippen LogP contribution is -2.51. The Morgan fingerprint density at radius 3 is 2.66 bits per heavy atom. The number of carbonyl (C=O) groups excluding carboxylic acids is 3. The molecule has 1 aliphatic heterocycles. The van der Waals surface area contributed by atoms with Gasteiger partial charge in [-0.05, 0) is 44.4 Å². The highest BCUT2D eigenvalue weighted by atomic mass is 16.5. The van der Waals surface area contributed by atoms with E-state index in [-0.39, 0.29) is 30.9 Å². The second-order valence-electron chi connectivity index (χ2n) is 6.60. The zero-order valence-corrected chi connectivity index (χ0v) is 17.1. The zero-order valence-electron chi connectivity index (χ0n) is 17.1. The van der Waals surface area contributed by atoms with Crippen molar-refractivity contribution < 1.29 is 28.6 Å². The van der Waals surface area contributed by atoms with Crippen molar-refractivity contribution in [3.8, 4) is 5.75 Å². The number of carbonyl (C=O) groups is 3. The Morgan fingerprint density at radius 2 is 1.97 bits per heavy atom. The van der Waals surface area contributed by atoms with Crippen LogP contribution < -0.4 is 15.4 Å². The van der Waals surface area contributed by atoms with Crippen LogP contribution in [0.15, 0.2) is 35.5 Å². The molecule has 0 saturated heterocycles. The third kappa shape index (κ3) is 6.81. The predicted octanol–water partition coefficient (Wildman–Crippen LogP) is 2.61. The molecule has 158 valence electrons. The van der Waals surface area contributed by atoms with E-state index >= 15 is 0 Å². The van der Waals surface area contributed by atoms with Crippen LogP contribution in [0.4, 0.5) is 4.79 Å². The number of benzene rings is 1. The average molecular weight is 404 g/mol. The monoisotopic (exact) mass is 404 g/mol. The van der Waals surface area contributed by atoms with Gasteiger partial charge >= 0.3 is 18.0 Å². The predicted molar refractivity (Wildman–Crippen MR) is 106 cm³/mol. The van der Waals surface area contributed by atoms with Crippen LogP contribution >= 0.6 is 0 Å². The van der Waals surface area contributed by atoms with E-state index in [1.807, 2.05) is 38.1 Å². The fourth-order valence-electron chi connectivity index (χ4n) is 2.91. The number of amides is 2. The summed E-state index contributed by atoms with van der Waals surface area (Å²) in [7, 11) is 0. The number of rotatable bonds is 10. The second kappa shape index (κ2) is 11.1. The van der Waals surface area contributed by atoms with Gasteiger partial charge in [0.1, 0.15) is 12.4 Å². The quantitative estimate of drug-likeness (QED) is 0.459. The molecule has 2 N–H and O–H groups in total. The van der Waals surface area contributed by atoms with Gasteiger partial charge in [0.15, 0.2) is 0 Å². The minimum atomic E-state index is -0.538. The third-order valence-electron chi connectivity index (χ3n) is 4.31. The summed E-state index contributed by atoms with van der Waals surface area (Å²) >= 11 is 0. The lowest BCUT2D eigenvalue weighted by molar-refractivity contribution is -0.144. The largest absolute Gasteiger partial charge is 0.494 e. The molecule has 0 radical (unpaired) electrons.